The number of rotatable bonds is 4. The van der Waals surface area contributed by atoms with Crippen LogP contribution in [0.15, 0.2) is 0 Å². The van der Waals surface area contributed by atoms with Gasteiger partial charge >= 0.3 is 6.09 Å². The predicted molar refractivity (Wildman–Crippen MR) is 57.6 cm³/mol. The molecule has 1 atom stereocenters. The molecule has 0 heterocycles. The first-order valence-corrected chi connectivity index (χ1v) is 5.53. The zero-order valence-corrected chi connectivity index (χ0v) is 9.75. The van der Waals surface area contributed by atoms with Crippen molar-refractivity contribution >= 4 is 6.09 Å². The Labute approximate surface area is 91.0 Å². The third kappa shape index (κ3) is 5.62. The maximum atomic E-state index is 11.2. The second-order valence-corrected chi connectivity index (χ2v) is 5.12. The molecule has 1 aliphatic rings. The first kappa shape index (κ1) is 12.3. The highest BCUT2D eigenvalue weighted by Crippen LogP contribution is 2.33. The van der Waals surface area contributed by atoms with Gasteiger partial charge in [0.15, 0.2) is 0 Å². The number of aliphatic hydroxyl groups excluding tert-OH is 1. The molecule has 1 fully saturated rings. The molecule has 4 nitrogen and oxygen atoms in total. The molecule has 1 aliphatic carbocycles. The lowest BCUT2D eigenvalue weighted by Crippen LogP contribution is -2.34. The fourth-order valence-corrected chi connectivity index (χ4v) is 1.35. The zero-order chi connectivity index (χ0) is 11.5. The van der Waals surface area contributed by atoms with E-state index < -0.39 is 11.7 Å². The lowest BCUT2D eigenvalue weighted by atomic mass is 10.2. The lowest BCUT2D eigenvalue weighted by molar-refractivity contribution is 0.0515. The van der Waals surface area contributed by atoms with E-state index in [2.05, 4.69) is 5.32 Å². The second kappa shape index (κ2) is 4.84. The van der Waals surface area contributed by atoms with Gasteiger partial charge in [-0.3, -0.25) is 0 Å². The number of hydrogen-bond donors (Lipinski definition) is 2. The SMILES string of the molecule is CC(C)(C)OC(=O)NCC[C@@H](O)C1CC1. The van der Waals surface area contributed by atoms with Crippen molar-refractivity contribution < 1.29 is 14.6 Å². The van der Waals surface area contributed by atoms with Gasteiger partial charge < -0.3 is 15.2 Å². The Morgan fingerprint density at radius 2 is 2.13 bits per heavy atom. The molecule has 0 aliphatic heterocycles. The summed E-state index contributed by atoms with van der Waals surface area (Å²) in [4.78, 5) is 11.2. The van der Waals surface area contributed by atoms with Gasteiger partial charge in [0.25, 0.3) is 0 Å². The topological polar surface area (TPSA) is 58.6 Å². The number of nitrogens with one attached hydrogen (secondary N) is 1. The molecule has 0 aromatic rings. The summed E-state index contributed by atoms with van der Waals surface area (Å²) in [5.74, 6) is 0.463. The molecule has 0 spiro atoms. The van der Waals surface area contributed by atoms with Crippen LogP contribution >= 0.6 is 0 Å². The Balaban J connectivity index is 2.06. The minimum absolute atomic E-state index is 0.264. The van der Waals surface area contributed by atoms with Crippen LogP contribution in [0.2, 0.25) is 0 Å². The Morgan fingerprint density at radius 3 is 2.60 bits per heavy atom. The van der Waals surface area contributed by atoms with Crippen LogP contribution in [0.5, 0.6) is 0 Å². The highest BCUT2D eigenvalue weighted by molar-refractivity contribution is 5.67. The van der Waals surface area contributed by atoms with Crippen LogP contribution in [0.3, 0.4) is 0 Å². The number of carbonyl (C=O) groups excluding carboxylic acids is 1. The lowest BCUT2D eigenvalue weighted by Gasteiger charge is -2.20. The number of amides is 1. The van der Waals surface area contributed by atoms with Crippen LogP contribution in [-0.4, -0.2) is 29.4 Å². The zero-order valence-electron chi connectivity index (χ0n) is 9.75. The molecule has 0 saturated heterocycles. The smallest absolute Gasteiger partial charge is 0.407 e. The van der Waals surface area contributed by atoms with Crippen molar-refractivity contribution in [1.29, 1.82) is 0 Å². The largest absolute Gasteiger partial charge is 0.444 e. The molecule has 2 N–H and O–H groups in total. The number of alkyl carbamates (subject to hydrolysis) is 1. The first-order valence-electron chi connectivity index (χ1n) is 5.53. The first-order chi connectivity index (χ1) is 6.88. The van der Waals surface area contributed by atoms with Gasteiger partial charge in [0.05, 0.1) is 6.10 Å². The van der Waals surface area contributed by atoms with Crippen molar-refractivity contribution in [2.45, 2.75) is 51.7 Å². The predicted octanol–water partition coefficient (Wildman–Crippen LogP) is 1.67. The normalized spacial score (nSPS) is 18.4. The summed E-state index contributed by atoms with van der Waals surface area (Å²) < 4.78 is 5.06. The highest BCUT2D eigenvalue weighted by Gasteiger charge is 2.29. The summed E-state index contributed by atoms with van der Waals surface area (Å²) in [5.41, 5.74) is -0.459. The van der Waals surface area contributed by atoms with Crippen molar-refractivity contribution in [1.82, 2.24) is 5.32 Å². The average molecular weight is 215 g/mol. The summed E-state index contributed by atoms with van der Waals surface area (Å²) in [7, 11) is 0. The second-order valence-electron chi connectivity index (χ2n) is 5.12. The van der Waals surface area contributed by atoms with Crippen molar-refractivity contribution in [2.75, 3.05) is 6.54 Å². The monoisotopic (exact) mass is 215 g/mol. The van der Waals surface area contributed by atoms with Crippen LogP contribution in [0.25, 0.3) is 0 Å². The molecular formula is C11H21NO3. The average Bonchev–Trinajstić information content (AvgIpc) is 2.81. The maximum Gasteiger partial charge on any atom is 0.407 e. The molecule has 4 heteroatoms. The molecular weight excluding hydrogens is 194 g/mol. The van der Waals surface area contributed by atoms with E-state index in [1.165, 1.54) is 0 Å². The summed E-state index contributed by atoms with van der Waals surface area (Å²) in [5, 5.41) is 12.2. The van der Waals surface area contributed by atoms with E-state index in [-0.39, 0.29) is 6.10 Å². The Morgan fingerprint density at radius 1 is 1.53 bits per heavy atom. The molecule has 1 saturated carbocycles. The van der Waals surface area contributed by atoms with Gasteiger partial charge in [-0.2, -0.15) is 0 Å². The summed E-state index contributed by atoms with van der Waals surface area (Å²) in [6.45, 7) is 5.95. The summed E-state index contributed by atoms with van der Waals surface area (Å²) in [6.07, 6.45) is 2.18. The molecule has 1 amide bonds. The van der Waals surface area contributed by atoms with Crippen LogP contribution in [0.1, 0.15) is 40.0 Å². The van der Waals surface area contributed by atoms with Gasteiger partial charge in [-0.25, -0.2) is 4.79 Å². The van der Waals surface area contributed by atoms with Gasteiger partial charge in [-0.05, 0) is 46.0 Å². The molecule has 15 heavy (non-hydrogen) atoms. The third-order valence-electron chi connectivity index (χ3n) is 2.27. The van der Waals surface area contributed by atoms with E-state index in [4.69, 9.17) is 4.74 Å². The minimum Gasteiger partial charge on any atom is -0.444 e. The maximum absolute atomic E-state index is 11.2. The quantitative estimate of drug-likeness (QED) is 0.750. The van der Waals surface area contributed by atoms with E-state index in [1.54, 1.807) is 0 Å². The van der Waals surface area contributed by atoms with Gasteiger partial charge in [-0.1, -0.05) is 0 Å². The fraction of sp³-hybridized carbons (Fsp3) is 0.909. The van der Waals surface area contributed by atoms with Crippen LogP contribution in [-0.2, 0) is 4.74 Å². The molecule has 0 aromatic heterocycles. The van der Waals surface area contributed by atoms with Crippen LogP contribution < -0.4 is 5.32 Å². The van der Waals surface area contributed by atoms with Crippen LogP contribution in [0, 0.1) is 5.92 Å². The van der Waals surface area contributed by atoms with Crippen molar-refractivity contribution in [3.8, 4) is 0 Å². The number of ether oxygens (including phenoxy) is 1. The number of carbonyl (C=O) groups is 1. The highest BCUT2D eigenvalue weighted by atomic mass is 16.6. The van der Waals surface area contributed by atoms with Gasteiger partial charge in [0.1, 0.15) is 5.60 Å². The summed E-state index contributed by atoms with van der Waals surface area (Å²) >= 11 is 0. The minimum atomic E-state index is -0.459. The Bertz CT molecular complexity index is 218. The van der Waals surface area contributed by atoms with Crippen molar-refractivity contribution in [3.63, 3.8) is 0 Å². The molecule has 0 radical (unpaired) electrons. The van der Waals surface area contributed by atoms with Gasteiger partial charge in [0, 0.05) is 6.54 Å². The van der Waals surface area contributed by atoms with E-state index in [1.807, 2.05) is 20.8 Å². The van der Waals surface area contributed by atoms with Crippen LogP contribution in [0.4, 0.5) is 4.79 Å². The Hall–Kier alpha value is -0.770. The number of aliphatic hydroxyl groups is 1. The molecule has 0 aromatic carbocycles. The van der Waals surface area contributed by atoms with Crippen molar-refractivity contribution in [3.05, 3.63) is 0 Å². The number of hydrogen-bond acceptors (Lipinski definition) is 3. The van der Waals surface area contributed by atoms with Crippen molar-refractivity contribution in [2.24, 2.45) is 5.92 Å². The molecule has 1 rings (SSSR count). The van der Waals surface area contributed by atoms with Gasteiger partial charge in [-0.15, -0.1) is 0 Å². The Kier molecular flexibility index (Phi) is 3.97. The third-order valence-corrected chi connectivity index (χ3v) is 2.27. The fourth-order valence-electron chi connectivity index (χ4n) is 1.35. The van der Waals surface area contributed by atoms with E-state index in [0.29, 0.717) is 18.9 Å². The standard InChI is InChI=1S/C11H21NO3/c1-11(2,3)15-10(14)12-7-6-9(13)8-4-5-8/h8-9,13H,4-7H2,1-3H3,(H,12,14)/t9-/m1/s1. The summed E-state index contributed by atoms with van der Waals surface area (Å²) in [6, 6.07) is 0. The van der Waals surface area contributed by atoms with Gasteiger partial charge in [0.2, 0.25) is 0 Å². The molecule has 0 unspecified atom stereocenters. The van der Waals surface area contributed by atoms with E-state index >= 15 is 0 Å². The van der Waals surface area contributed by atoms with E-state index in [0.717, 1.165) is 12.8 Å². The molecule has 88 valence electrons. The van der Waals surface area contributed by atoms with E-state index in [9.17, 15) is 9.90 Å². The molecule has 0 bridgehead atoms.